The SMILES string of the molecule is CCc1nn(C)cc1C(=O)Nc1c(C)ccc(N)c1C. The molecule has 5 heteroatoms. The fraction of sp³-hybridized carbons (Fsp3) is 0.333. The van der Waals surface area contributed by atoms with Crippen LogP contribution in [0.15, 0.2) is 18.3 Å². The second-order valence-corrected chi connectivity index (χ2v) is 4.94. The van der Waals surface area contributed by atoms with E-state index in [0.29, 0.717) is 11.3 Å². The summed E-state index contributed by atoms with van der Waals surface area (Å²) in [6, 6.07) is 3.75. The minimum atomic E-state index is -0.147. The number of rotatable bonds is 3. The highest BCUT2D eigenvalue weighted by Crippen LogP contribution is 2.26. The van der Waals surface area contributed by atoms with Gasteiger partial charge in [0.1, 0.15) is 0 Å². The summed E-state index contributed by atoms with van der Waals surface area (Å²) >= 11 is 0. The van der Waals surface area contributed by atoms with Crippen molar-refractivity contribution < 1.29 is 4.79 Å². The Kier molecular flexibility index (Phi) is 3.79. The van der Waals surface area contributed by atoms with Gasteiger partial charge in [-0.15, -0.1) is 0 Å². The molecule has 0 saturated carbocycles. The predicted octanol–water partition coefficient (Wildman–Crippen LogP) is 2.43. The van der Waals surface area contributed by atoms with Crippen LogP contribution in [0.5, 0.6) is 0 Å². The van der Waals surface area contributed by atoms with E-state index in [-0.39, 0.29) is 5.91 Å². The number of aryl methyl sites for hydroxylation is 3. The molecule has 0 radical (unpaired) electrons. The molecule has 1 aromatic heterocycles. The Labute approximate surface area is 118 Å². The molecule has 0 atom stereocenters. The second kappa shape index (κ2) is 5.36. The second-order valence-electron chi connectivity index (χ2n) is 4.94. The number of aromatic nitrogens is 2. The number of amides is 1. The summed E-state index contributed by atoms with van der Waals surface area (Å²) in [7, 11) is 1.81. The molecule has 106 valence electrons. The van der Waals surface area contributed by atoms with E-state index < -0.39 is 0 Å². The first-order valence-corrected chi connectivity index (χ1v) is 6.63. The highest BCUT2D eigenvalue weighted by atomic mass is 16.1. The monoisotopic (exact) mass is 272 g/mol. The molecule has 0 aliphatic carbocycles. The van der Waals surface area contributed by atoms with Crippen molar-refractivity contribution in [2.24, 2.45) is 7.05 Å². The molecule has 0 saturated heterocycles. The predicted molar refractivity (Wildman–Crippen MR) is 80.9 cm³/mol. The lowest BCUT2D eigenvalue weighted by molar-refractivity contribution is 0.102. The molecule has 1 heterocycles. The molecule has 0 aliphatic rings. The van der Waals surface area contributed by atoms with E-state index in [9.17, 15) is 4.79 Å². The van der Waals surface area contributed by atoms with Gasteiger partial charge in [-0.3, -0.25) is 9.48 Å². The summed E-state index contributed by atoms with van der Waals surface area (Å²) in [4.78, 5) is 12.4. The number of anilines is 2. The highest BCUT2D eigenvalue weighted by Gasteiger charge is 2.16. The van der Waals surface area contributed by atoms with Crippen LogP contribution in [0.25, 0.3) is 0 Å². The number of hydrogen-bond acceptors (Lipinski definition) is 3. The minimum absolute atomic E-state index is 0.147. The molecule has 1 amide bonds. The molecule has 20 heavy (non-hydrogen) atoms. The number of carbonyl (C=O) groups excluding carboxylic acids is 1. The molecule has 3 N–H and O–H groups in total. The van der Waals surface area contributed by atoms with E-state index in [1.54, 1.807) is 10.9 Å². The van der Waals surface area contributed by atoms with Crippen LogP contribution in [0.4, 0.5) is 11.4 Å². The van der Waals surface area contributed by atoms with E-state index in [2.05, 4.69) is 10.4 Å². The molecule has 0 fully saturated rings. The molecular formula is C15H20N4O. The average molecular weight is 272 g/mol. The van der Waals surface area contributed by atoms with Crippen molar-refractivity contribution in [1.29, 1.82) is 0 Å². The van der Waals surface area contributed by atoms with Crippen LogP contribution in [0, 0.1) is 13.8 Å². The van der Waals surface area contributed by atoms with Crippen LogP contribution in [-0.2, 0) is 13.5 Å². The van der Waals surface area contributed by atoms with Gasteiger partial charge in [0.2, 0.25) is 0 Å². The summed E-state index contributed by atoms with van der Waals surface area (Å²) in [6.07, 6.45) is 2.46. The summed E-state index contributed by atoms with van der Waals surface area (Å²) in [6.45, 7) is 5.84. The van der Waals surface area contributed by atoms with E-state index in [0.717, 1.165) is 28.9 Å². The van der Waals surface area contributed by atoms with Crippen molar-refractivity contribution in [3.05, 3.63) is 40.7 Å². The summed E-state index contributed by atoms with van der Waals surface area (Å²) < 4.78 is 1.66. The highest BCUT2D eigenvalue weighted by molar-refractivity contribution is 6.06. The van der Waals surface area contributed by atoms with Gasteiger partial charge in [0, 0.05) is 24.6 Å². The van der Waals surface area contributed by atoms with Gasteiger partial charge in [-0.1, -0.05) is 13.0 Å². The summed E-state index contributed by atoms with van der Waals surface area (Å²) in [5, 5.41) is 7.24. The van der Waals surface area contributed by atoms with Crippen molar-refractivity contribution in [2.75, 3.05) is 11.1 Å². The smallest absolute Gasteiger partial charge is 0.259 e. The Hall–Kier alpha value is -2.30. The third-order valence-electron chi connectivity index (χ3n) is 3.44. The zero-order valence-corrected chi connectivity index (χ0v) is 12.3. The molecule has 0 bridgehead atoms. The normalized spacial score (nSPS) is 10.6. The van der Waals surface area contributed by atoms with Crippen LogP contribution in [-0.4, -0.2) is 15.7 Å². The summed E-state index contributed by atoms with van der Waals surface area (Å²) in [5.41, 5.74) is 10.6. The lowest BCUT2D eigenvalue weighted by Gasteiger charge is -2.13. The van der Waals surface area contributed by atoms with Gasteiger partial charge < -0.3 is 11.1 Å². The topological polar surface area (TPSA) is 72.9 Å². The van der Waals surface area contributed by atoms with Crippen LogP contribution < -0.4 is 11.1 Å². The Bertz CT molecular complexity index is 658. The molecule has 0 spiro atoms. The van der Waals surface area contributed by atoms with Gasteiger partial charge in [-0.2, -0.15) is 5.10 Å². The maximum absolute atomic E-state index is 12.4. The Morgan fingerprint density at radius 3 is 2.75 bits per heavy atom. The number of benzene rings is 1. The maximum Gasteiger partial charge on any atom is 0.259 e. The van der Waals surface area contributed by atoms with Gasteiger partial charge in [0.15, 0.2) is 0 Å². The number of nitrogens with zero attached hydrogens (tertiary/aromatic N) is 2. The van der Waals surface area contributed by atoms with Crippen LogP contribution in [0.2, 0.25) is 0 Å². The standard InChI is InChI=1S/C15H20N4O/c1-5-13-11(8-19(4)18-13)15(20)17-14-9(2)6-7-12(16)10(14)3/h6-8H,5,16H2,1-4H3,(H,17,20). The fourth-order valence-electron chi connectivity index (χ4n) is 2.22. The lowest BCUT2D eigenvalue weighted by Crippen LogP contribution is -2.15. The van der Waals surface area contributed by atoms with Crippen LogP contribution in [0.3, 0.4) is 0 Å². The number of carbonyl (C=O) groups is 1. The molecule has 2 aromatic rings. The van der Waals surface area contributed by atoms with Gasteiger partial charge >= 0.3 is 0 Å². The average Bonchev–Trinajstić information content (AvgIpc) is 2.80. The fourth-order valence-corrected chi connectivity index (χ4v) is 2.22. The zero-order chi connectivity index (χ0) is 14.9. The van der Waals surface area contributed by atoms with Gasteiger partial charge in [-0.25, -0.2) is 0 Å². The number of nitrogens with one attached hydrogen (secondary N) is 1. The number of hydrogen-bond donors (Lipinski definition) is 2. The van der Waals surface area contributed by atoms with E-state index in [1.165, 1.54) is 0 Å². The lowest BCUT2D eigenvalue weighted by atomic mass is 10.1. The zero-order valence-electron chi connectivity index (χ0n) is 12.3. The number of nitrogens with two attached hydrogens (primary N) is 1. The van der Waals surface area contributed by atoms with E-state index >= 15 is 0 Å². The van der Waals surface area contributed by atoms with Gasteiger partial charge in [0.25, 0.3) is 5.91 Å². The molecule has 0 aliphatic heterocycles. The van der Waals surface area contributed by atoms with Crippen LogP contribution >= 0.6 is 0 Å². The summed E-state index contributed by atoms with van der Waals surface area (Å²) in [5.74, 6) is -0.147. The maximum atomic E-state index is 12.4. The largest absolute Gasteiger partial charge is 0.398 e. The molecule has 1 aromatic carbocycles. The first kappa shape index (κ1) is 14.1. The third kappa shape index (κ3) is 2.52. The first-order valence-electron chi connectivity index (χ1n) is 6.63. The first-order chi connectivity index (χ1) is 9.43. The Balaban J connectivity index is 2.35. The van der Waals surface area contributed by atoms with Crippen LogP contribution in [0.1, 0.15) is 34.1 Å². The van der Waals surface area contributed by atoms with Crippen molar-refractivity contribution in [3.8, 4) is 0 Å². The number of nitrogen functional groups attached to an aromatic ring is 1. The van der Waals surface area contributed by atoms with Gasteiger partial charge in [0.05, 0.1) is 11.3 Å². The molecular weight excluding hydrogens is 252 g/mol. The van der Waals surface area contributed by atoms with Crippen molar-refractivity contribution >= 4 is 17.3 Å². The third-order valence-corrected chi connectivity index (χ3v) is 3.44. The molecule has 2 rings (SSSR count). The Morgan fingerprint density at radius 2 is 2.10 bits per heavy atom. The minimum Gasteiger partial charge on any atom is -0.398 e. The quantitative estimate of drug-likeness (QED) is 0.843. The Morgan fingerprint density at radius 1 is 1.40 bits per heavy atom. The molecule has 5 nitrogen and oxygen atoms in total. The van der Waals surface area contributed by atoms with Crippen molar-refractivity contribution in [2.45, 2.75) is 27.2 Å². The molecule has 0 unspecified atom stereocenters. The van der Waals surface area contributed by atoms with Gasteiger partial charge in [-0.05, 0) is 37.5 Å². The van der Waals surface area contributed by atoms with Crippen molar-refractivity contribution in [3.63, 3.8) is 0 Å². The van der Waals surface area contributed by atoms with E-state index in [4.69, 9.17) is 5.73 Å². The van der Waals surface area contributed by atoms with Crippen molar-refractivity contribution in [1.82, 2.24) is 9.78 Å². The van der Waals surface area contributed by atoms with E-state index in [1.807, 2.05) is 40.0 Å².